The van der Waals surface area contributed by atoms with E-state index in [1.54, 1.807) is 26.0 Å². The fourth-order valence-electron chi connectivity index (χ4n) is 2.07. The quantitative estimate of drug-likeness (QED) is 0.908. The number of hydrogen-bond acceptors (Lipinski definition) is 2. The Morgan fingerprint density at radius 3 is 1.90 bits per heavy atom. The third-order valence-corrected chi connectivity index (χ3v) is 2.97. The normalized spacial score (nSPS) is 13.3. The molecule has 1 N–H and O–H groups in total. The Kier molecular flexibility index (Phi) is 3.81. The van der Waals surface area contributed by atoms with Gasteiger partial charge in [-0.05, 0) is 49.2 Å². The molecule has 2 rings (SSSR count). The van der Waals surface area contributed by atoms with E-state index in [4.69, 9.17) is 0 Å². The van der Waals surface area contributed by atoms with Crippen LogP contribution < -0.4 is 0 Å². The lowest BCUT2D eigenvalue weighted by Gasteiger charge is -2.14. The molecule has 0 aliphatic rings. The zero-order valence-corrected chi connectivity index (χ0v) is 11.1. The highest BCUT2D eigenvalue weighted by Gasteiger charge is 2.30. The first kappa shape index (κ1) is 14.5. The maximum Gasteiger partial charge on any atom is 0.416 e. The number of rotatable bonds is 2. The first-order valence-corrected chi connectivity index (χ1v) is 6.08. The molecule has 2 aromatic rings. The van der Waals surface area contributed by atoms with Crippen molar-refractivity contribution < 1.29 is 18.3 Å². The molecule has 5 heteroatoms. The highest BCUT2D eigenvalue weighted by Crippen LogP contribution is 2.31. The van der Waals surface area contributed by atoms with Crippen LogP contribution in [0.5, 0.6) is 0 Å². The van der Waals surface area contributed by atoms with Gasteiger partial charge >= 0.3 is 6.18 Å². The Balaban J connectivity index is 2.31. The van der Waals surface area contributed by atoms with Crippen molar-refractivity contribution in [2.24, 2.45) is 0 Å². The number of nitrogens with zero attached hydrogens (tertiary/aromatic N) is 1. The molecule has 1 heterocycles. The maximum absolute atomic E-state index is 12.5. The number of benzene rings is 1. The number of aryl methyl sites for hydroxylation is 2. The van der Waals surface area contributed by atoms with E-state index >= 15 is 0 Å². The number of halogens is 3. The fourth-order valence-corrected chi connectivity index (χ4v) is 2.07. The molecule has 1 atom stereocenters. The number of aliphatic hydroxyl groups excluding tert-OH is 1. The van der Waals surface area contributed by atoms with Gasteiger partial charge in [-0.2, -0.15) is 13.2 Å². The van der Waals surface area contributed by atoms with Crippen LogP contribution in [0.3, 0.4) is 0 Å². The van der Waals surface area contributed by atoms with Gasteiger partial charge in [-0.15, -0.1) is 0 Å². The summed E-state index contributed by atoms with van der Waals surface area (Å²) in [5, 5.41) is 10.2. The van der Waals surface area contributed by atoms with E-state index in [9.17, 15) is 18.3 Å². The summed E-state index contributed by atoms with van der Waals surface area (Å²) in [5.41, 5.74) is 1.82. The van der Waals surface area contributed by atoms with Crippen LogP contribution in [-0.2, 0) is 6.18 Å². The van der Waals surface area contributed by atoms with Gasteiger partial charge in [0.05, 0.1) is 5.56 Å². The van der Waals surface area contributed by atoms with Crippen molar-refractivity contribution in [2.45, 2.75) is 26.1 Å². The monoisotopic (exact) mass is 281 g/mol. The van der Waals surface area contributed by atoms with E-state index < -0.39 is 17.8 Å². The Morgan fingerprint density at radius 1 is 0.950 bits per heavy atom. The van der Waals surface area contributed by atoms with Gasteiger partial charge in [0.2, 0.25) is 0 Å². The lowest BCUT2D eigenvalue weighted by Crippen LogP contribution is -2.06. The molecule has 0 bridgehead atoms. The molecule has 0 saturated heterocycles. The highest BCUT2D eigenvalue weighted by atomic mass is 19.4. The second-order valence-electron chi connectivity index (χ2n) is 4.71. The van der Waals surface area contributed by atoms with Crippen LogP contribution >= 0.6 is 0 Å². The second kappa shape index (κ2) is 5.25. The van der Waals surface area contributed by atoms with Gasteiger partial charge in [0.15, 0.2) is 0 Å². The van der Waals surface area contributed by atoms with Gasteiger partial charge in [0.1, 0.15) is 6.10 Å². The number of aromatic nitrogens is 1. The minimum Gasteiger partial charge on any atom is -0.384 e. The predicted octanol–water partition coefficient (Wildman–Crippen LogP) is 3.80. The summed E-state index contributed by atoms with van der Waals surface area (Å²) in [6.07, 6.45) is -5.33. The van der Waals surface area contributed by atoms with Crippen LogP contribution in [-0.4, -0.2) is 10.1 Å². The molecule has 2 nitrogen and oxygen atoms in total. The molecule has 0 radical (unpaired) electrons. The van der Waals surface area contributed by atoms with Crippen molar-refractivity contribution in [1.29, 1.82) is 0 Å². The summed E-state index contributed by atoms with van der Waals surface area (Å²) >= 11 is 0. The topological polar surface area (TPSA) is 33.1 Å². The molecule has 0 aliphatic carbocycles. The predicted molar refractivity (Wildman–Crippen MR) is 69.2 cm³/mol. The summed E-state index contributed by atoms with van der Waals surface area (Å²) in [7, 11) is 0. The summed E-state index contributed by atoms with van der Waals surface area (Å²) in [4.78, 5) is 4.20. The van der Waals surface area contributed by atoms with Gasteiger partial charge in [0, 0.05) is 11.4 Å². The Labute approximate surface area is 114 Å². The number of hydrogen-bond donors (Lipinski definition) is 1. The van der Waals surface area contributed by atoms with Gasteiger partial charge in [0.25, 0.3) is 0 Å². The zero-order valence-electron chi connectivity index (χ0n) is 11.1. The van der Waals surface area contributed by atoms with Gasteiger partial charge in [-0.3, -0.25) is 4.98 Å². The lowest BCUT2D eigenvalue weighted by atomic mass is 10.00. The average molecular weight is 281 g/mol. The van der Waals surface area contributed by atoms with Crippen molar-refractivity contribution in [1.82, 2.24) is 4.98 Å². The molecule has 1 aromatic carbocycles. The molecular weight excluding hydrogens is 267 g/mol. The van der Waals surface area contributed by atoms with Crippen LogP contribution in [0, 0.1) is 13.8 Å². The number of alkyl halides is 3. The standard InChI is InChI=1S/C15H14F3NO/c1-9-7-12(8-10(2)19-9)14(20)11-3-5-13(6-4-11)15(16,17)18/h3-8,14,20H,1-2H3. The summed E-state index contributed by atoms with van der Waals surface area (Å²) in [6, 6.07) is 7.96. The van der Waals surface area contributed by atoms with Gasteiger partial charge < -0.3 is 5.11 Å². The van der Waals surface area contributed by atoms with Crippen molar-refractivity contribution in [3.8, 4) is 0 Å². The van der Waals surface area contributed by atoms with Crippen LogP contribution in [0.4, 0.5) is 13.2 Å². The Bertz CT molecular complexity index is 585. The molecule has 20 heavy (non-hydrogen) atoms. The molecule has 1 unspecified atom stereocenters. The summed E-state index contributed by atoms with van der Waals surface area (Å²) < 4.78 is 37.4. The SMILES string of the molecule is Cc1cc(C(O)c2ccc(C(F)(F)F)cc2)cc(C)n1. The van der Waals surface area contributed by atoms with Crippen molar-refractivity contribution in [2.75, 3.05) is 0 Å². The molecule has 0 spiro atoms. The third kappa shape index (κ3) is 3.17. The number of aliphatic hydroxyl groups is 1. The van der Waals surface area contributed by atoms with Gasteiger partial charge in [-0.1, -0.05) is 12.1 Å². The zero-order chi connectivity index (χ0) is 14.9. The maximum atomic E-state index is 12.5. The smallest absolute Gasteiger partial charge is 0.384 e. The van der Waals surface area contributed by atoms with E-state index in [1.165, 1.54) is 12.1 Å². The lowest BCUT2D eigenvalue weighted by molar-refractivity contribution is -0.137. The van der Waals surface area contributed by atoms with Crippen LogP contribution in [0.2, 0.25) is 0 Å². The van der Waals surface area contributed by atoms with E-state index in [-0.39, 0.29) is 0 Å². The van der Waals surface area contributed by atoms with E-state index in [0.717, 1.165) is 23.5 Å². The Hall–Kier alpha value is -1.88. The number of pyridine rings is 1. The van der Waals surface area contributed by atoms with Crippen LogP contribution in [0.25, 0.3) is 0 Å². The first-order valence-electron chi connectivity index (χ1n) is 6.08. The van der Waals surface area contributed by atoms with Gasteiger partial charge in [-0.25, -0.2) is 0 Å². The first-order chi connectivity index (χ1) is 9.27. The molecule has 0 aliphatic heterocycles. The summed E-state index contributed by atoms with van der Waals surface area (Å²) in [6.45, 7) is 3.60. The fraction of sp³-hybridized carbons (Fsp3) is 0.267. The van der Waals surface area contributed by atoms with E-state index in [0.29, 0.717) is 11.1 Å². The van der Waals surface area contributed by atoms with E-state index in [2.05, 4.69) is 4.98 Å². The second-order valence-corrected chi connectivity index (χ2v) is 4.71. The minimum atomic E-state index is -4.37. The largest absolute Gasteiger partial charge is 0.416 e. The molecule has 106 valence electrons. The van der Waals surface area contributed by atoms with Crippen LogP contribution in [0.1, 0.15) is 34.2 Å². The van der Waals surface area contributed by atoms with Crippen molar-refractivity contribution in [3.63, 3.8) is 0 Å². The molecule has 0 amide bonds. The average Bonchev–Trinajstić information content (AvgIpc) is 2.36. The molecule has 0 saturated carbocycles. The molecular formula is C15H14F3NO. The summed E-state index contributed by atoms with van der Waals surface area (Å²) in [5.74, 6) is 0. The van der Waals surface area contributed by atoms with Crippen LogP contribution in [0.15, 0.2) is 36.4 Å². The van der Waals surface area contributed by atoms with Crippen molar-refractivity contribution in [3.05, 3.63) is 64.5 Å². The highest BCUT2D eigenvalue weighted by molar-refractivity contribution is 5.33. The Morgan fingerprint density at radius 2 is 1.45 bits per heavy atom. The molecule has 1 aromatic heterocycles. The molecule has 0 fully saturated rings. The van der Waals surface area contributed by atoms with E-state index in [1.807, 2.05) is 0 Å². The minimum absolute atomic E-state index is 0.419. The van der Waals surface area contributed by atoms with Crippen molar-refractivity contribution >= 4 is 0 Å². The third-order valence-electron chi connectivity index (χ3n) is 2.97.